The van der Waals surface area contributed by atoms with Crippen molar-refractivity contribution in [3.8, 4) is 17.0 Å². The van der Waals surface area contributed by atoms with Crippen LogP contribution >= 0.6 is 0 Å². The van der Waals surface area contributed by atoms with Gasteiger partial charge in [0.2, 0.25) is 0 Å². The van der Waals surface area contributed by atoms with Gasteiger partial charge in [-0.05, 0) is 25.0 Å². The van der Waals surface area contributed by atoms with Crippen LogP contribution in [0.5, 0.6) is 5.75 Å². The van der Waals surface area contributed by atoms with Crippen LogP contribution in [0.4, 0.5) is 0 Å². The quantitative estimate of drug-likeness (QED) is 0.695. The van der Waals surface area contributed by atoms with Gasteiger partial charge < -0.3 is 15.2 Å². The summed E-state index contributed by atoms with van der Waals surface area (Å²) in [4.78, 5) is 4.75. The number of benzene rings is 2. The molecule has 1 atom stereocenters. The van der Waals surface area contributed by atoms with Gasteiger partial charge in [0.25, 0.3) is 0 Å². The zero-order valence-electron chi connectivity index (χ0n) is 14.1. The number of ether oxygens (including phenoxy) is 1. The molecule has 1 aliphatic carbocycles. The molecule has 0 saturated heterocycles. The highest BCUT2D eigenvalue weighted by Crippen LogP contribution is 2.30. The number of aromatic nitrogens is 1. The number of rotatable bonds is 7. The molecule has 2 N–H and O–H groups in total. The predicted octanol–water partition coefficient (Wildman–Crippen LogP) is 3.39. The minimum Gasteiger partial charge on any atom is -0.490 e. The lowest BCUT2D eigenvalue weighted by Gasteiger charge is -2.15. The fraction of sp³-hybridized carbons (Fsp3) is 0.286. The number of nitrogens with one attached hydrogen (secondary N) is 1. The Bertz CT molecular complexity index is 847. The molecule has 128 valence electrons. The zero-order chi connectivity index (χ0) is 17.1. The number of hydrogen-bond acceptors (Lipinski definition) is 4. The molecule has 0 aliphatic heterocycles. The Balaban J connectivity index is 1.57. The summed E-state index contributed by atoms with van der Waals surface area (Å²) in [6.07, 6.45) is 1.90. The lowest BCUT2D eigenvalue weighted by Crippen LogP contribution is -2.32. The lowest BCUT2D eigenvalue weighted by molar-refractivity contribution is 0.107. The fourth-order valence-electron chi connectivity index (χ4n) is 2.85. The standard InChI is InChI=1S/C21H22N2O2/c24-17(13-22-16-10-11-16)14-25-21-12-20(15-6-2-1-3-7-15)23-19-9-5-4-8-18(19)21/h1-9,12,16-17,22,24H,10-11,13-14H2. The minimum atomic E-state index is -0.521. The van der Waals surface area contributed by atoms with E-state index in [1.54, 1.807) is 0 Å². The highest BCUT2D eigenvalue weighted by atomic mass is 16.5. The molecular formula is C21H22N2O2. The first-order valence-electron chi connectivity index (χ1n) is 8.79. The molecule has 4 nitrogen and oxygen atoms in total. The van der Waals surface area contributed by atoms with Gasteiger partial charge in [0, 0.05) is 29.6 Å². The topological polar surface area (TPSA) is 54.4 Å². The first-order chi connectivity index (χ1) is 12.3. The number of fused-ring (bicyclic) bond motifs is 1. The van der Waals surface area contributed by atoms with E-state index in [1.807, 2.05) is 60.7 Å². The van der Waals surface area contributed by atoms with Gasteiger partial charge in [-0.15, -0.1) is 0 Å². The number of hydrogen-bond donors (Lipinski definition) is 2. The molecule has 1 aliphatic rings. The molecule has 0 radical (unpaired) electrons. The molecule has 25 heavy (non-hydrogen) atoms. The maximum Gasteiger partial charge on any atom is 0.131 e. The minimum absolute atomic E-state index is 0.266. The number of aliphatic hydroxyl groups excluding tert-OH is 1. The SMILES string of the molecule is OC(CNC1CC1)COc1cc(-c2ccccc2)nc2ccccc12. The normalized spacial score (nSPS) is 15.2. The Labute approximate surface area is 147 Å². The van der Waals surface area contributed by atoms with Crippen LogP contribution in [0.2, 0.25) is 0 Å². The molecular weight excluding hydrogens is 312 g/mol. The molecule has 0 amide bonds. The van der Waals surface area contributed by atoms with E-state index in [1.165, 1.54) is 12.8 Å². The summed E-state index contributed by atoms with van der Waals surface area (Å²) < 4.78 is 5.97. The maximum atomic E-state index is 10.1. The van der Waals surface area contributed by atoms with Crippen LogP contribution in [0.25, 0.3) is 22.2 Å². The third kappa shape index (κ3) is 3.98. The average Bonchev–Trinajstić information content (AvgIpc) is 3.49. The lowest BCUT2D eigenvalue weighted by atomic mass is 10.1. The van der Waals surface area contributed by atoms with Gasteiger partial charge in [0.15, 0.2) is 0 Å². The van der Waals surface area contributed by atoms with Gasteiger partial charge in [0.1, 0.15) is 18.5 Å². The molecule has 4 heteroatoms. The number of nitrogens with zero attached hydrogens (tertiary/aromatic N) is 1. The summed E-state index contributed by atoms with van der Waals surface area (Å²) in [7, 11) is 0. The van der Waals surface area contributed by atoms with Crippen LogP contribution in [0.15, 0.2) is 60.7 Å². The van der Waals surface area contributed by atoms with Gasteiger partial charge in [-0.2, -0.15) is 0 Å². The fourth-order valence-corrected chi connectivity index (χ4v) is 2.85. The highest BCUT2D eigenvalue weighted by Gasteiger charge is 2.21. The van der Waals surface area contributed by atoms with Crippen LogP contribution in [0.1, 0.15) is 12.8 Å². The third-order valence-corrected chi connectivity index (χ3v) is 4.40. The van der Waals surface area contributed by atoms with E-state index in [9.17, 15) is 5.11 Å². The van der Waals surface area contributed by atoms with Crippen LogP contribution in [0, 0.1) is 0 Å². The van der Waals surface area contributed by atoms with Gasteiger partial charge in [-0.1, -0.05) is 42.5 Å². The molecule has 0 bridgehead atoms. The van der Waals surface area contributed by atoms with Crippen molar-refractivity contribution >= 4 is 10.9 Å². The van der Waals surface area contributed by atoms with Crippen molar-refractivity contribution in [2.24, 2.45) is 0 Å². The Morgan fingerprint density at radius 3 is 2.64 bits per heavy atom. The molecule has 4 rings (SSSR count). The van der Waals surface area contributed by atoms with E-state index in [0.717, 1.165) is 27.9 Å². The number of aliphatic hydroxyl groups is 1. The summed E-state index contributed by atoms with van der Waals surface area (Å²) >= 11 is 0. The van der Waals surface area contributed by atoms with E-state index in [4.69, 9.17) is 9.72 Å². The third-order valence-electron chi connectivity index (χ3n) is 4.40. The average molecular weight is 334 g/mol. The summed E-state index contributed by atoms with van der Waals surface area (Å²) in [5.74, 6) is 0.759. The molecule has 1 saturated carbocycles. The van der Waals surface area contributed by atoms with Gasteiger partial charge in [-0.25, -0.2) is 4.98 Å². The number of pyridine rings is 1. The summed E-state index contributed by atoms with van der Waals surface area (Å²) in [6.45, 7) is 0.835. The second-order valence-electron chi connectivity index (χ2n) is 6.54. The van der Waals surface area contributed by atoms with Crippen molar-refractivity contribution in [2.75, 3.05) is 13.2 Å². The highest BCUT2D eigenvalue weighted by molar-refractivity contribution is 5.87. The van der Waals surface area contributed by atoms with Crippen LogP contribution in [-0.2, 0) is 0 Å². The van der Waals surface area contributed by atoms with Crippen LogP contribution in [-0.4, -0.2) is 35.4 Å². The molecule has 1 aromatic heterocycles. The second kappa shape index (κ2) is 7.21. The Kier molecular flexibility index (Phi) is 4.63. The maximum absolute atomic E-state index is 10.1. The first kappa shape index (κ1) is 16.1. The van der Waals surface area contributed by atoms with E-state index < -0.39 is 6.10 Å². The largest absolute Gasteiger partial charge is 0.490 e. The Hall–Kier alpha value is -2.43. The van der Waals surface area contributed by atoms with Crippen molar-refractivity contribution < 1.29 is 9.84 Å². The number of para-hydroxylation sites is 1. The molecule has 0 spiro atoms. The van der Waals surface area contributed by atoms with E-state index in [-0.39, 0.29) is 6.61 Å². The summed E-state index contributed by atoms with van der Waals surface area (Å²) in [5, 5.41) is 14.4. The van der Waals surface area contributed by atoms with Gasteiger partial charge in [0.05, 0.1) is 11.2 Å². The Morgan fingerprint density at radius 2 is 1.84 bits per heavy atom. The van der Waals surface area contributed by atoms with Crippen molar-refractivity contribution in [3.05, 3.63) is 60.7 Å². The summed E-state index contributed by atoms with van der Waals surface area (Å²) in [6, 6.07) is 20.5. The molecule has 1 fully saturated rings. The second-order valence-corrected chi connectivity index (χ2v) is 6.54. The van der Waals surface area contributed by atoms with E-state index >= 15 is 0 Å². The first-order valence-corrected chi connectivity index (χ1v) is 8.79. The Morgan fingerprint density at radius 1 is 1.08 bits per heavy atom. The van der Waals surface area contributed by atoms with E-state index in [2.05, 4.69) is 5.32 Å². The van der Waals surface area contributed by atoms with Crippen molar-refractivity contribution in [3.63, 3.8) is 0 Å². The molecule has 3 aromatic rings. The predicted molar refractivity (Wildman–Crippen MR) is 99.7 cm³/mol. The van der Waals surface area contributed by atoms with E-state index in [0.29, 0.717) is 12.6 Å². The van der Waals surface area contributed by atoms with Crippen LogP contribution in [0.3, 0.4) is 0 Å². The zero-order valence-corrected chi connectivity index (χ0v) is 14.1. The molecule has 1 unspecified atom stereocenters. The molecule has 1 heterocycles. The van der Waals surface area contributed by atoms with Gasteiger partial charge in [-0.3, -0.25) is 0 Å². The van der Waals surface area contributed by atoms with Gasteiger partial charge >= 0.3 is 0 Å². The molecule has 2 aromatic carbocycles. The van der Waals surface area contributed by atoms with Crippen LogP contribution < -0.4 is 10.1 Å². The van der Waals surface area contributed by atoms with Crippen molar-refractivity contribution in [1.82, 2.24) is 10.3 Å². The van der Waals surface area contributed by atoms with Crippen molar-refractivity contribution in [1.29, 1.82) is 0 Å². The summed E-state index contributed by atoms with van der Waals surface area (Å²) in [5.41, 5.74) is 2.82. The monoisotopic (exact) mass is 334 g/mol. The smallest absolute Gasteiger partial charge is 0.131 e. The van der Waals surface area contributed by atoms with Crippen molar-refractivity contribution in [2.45, 2.75) is 25.0 Å².